The van der Waals surface area contributed by atoms with Gasteiger partial charge in [-0.3, -0.25) is 14.4 Å². The number of carbonyl (C=O) groups is 2. The molecule has 2 aromatic carbocycles. The van der Waals surface area contributed by atoms with Gasteiger partial charge in [0.2, 0.25) is 0 Å². The number of nitrogens with two attached hydrogens (primary N) is 1. The van der Waals surface area contributed by atoms with Crippen molar-refractivity contribution in [2.75, 3.05) is 18.9 Å². The van der Waals surface area contributed by atoms with Gasteiger partial charge < -0.3 is 25.5 Å². The van der Waals surface area contributed by atoms with E-state index in [2.05, 4.69) is 10.3 Å². The van der Waals surface area contributed by atoms with Crippen LogP contribution in [0.3, 0.4) is 0 Å². The first-order chi connectivity index (χ1) is 20.9. The summed E-state index contributed by atoms with van der Waals surface area (Å²) in [4.78, 5) is 40.3. The number of esters is 1. The van der Waals surface area contributed by atoms with Crippen LogP contribution in [0.15, 0.2) is 41.2 Å². The summed E-state index contributed by atoms with van der Waals surface area (Å²) >= 11 is 0. The number of aromatic amines is 1. The number of hydrogen-bond donors (Lipinski definition) is 3. The molecule has 1 atom stereocenters. The Balaban J connectivity index is 1.42. The van der Waals surface area contributed by atoms with Crippen molar-refractivity contribution >= 4 is 17.6 Å². The zero-order valence-electron chi connectivity index (χ0n) is 24.5. The molecular formula is C32H35F4N3O5. The lowest BCUT2D eigenvalue weighted by molar-refractivity contribution is -0.151. The van der Waals surface area contributed by atoms with Gasteiger partial charge in [-0.2, -0.15) is 0 Å². The van der Waals surface area contributed by atoms with Crippen LogP contribution in [-0.4, -0.2) is 42.0 Å². The Kier molecular flexibility index (Phi) is 10.8. The molecule has 0 amide bonds. The smallest absolute Gasteiger partial charge is 0.323 e. The van der Waals surface area contributed by atoms with Crippen LogP contribution in [-0.2, 0) is 9.53 Å². The molecule has 44 heavy (non-hydrogen) atoms. The third-order valence-corrected chi connectivity index (χ3v) is 7.33. The van der Waals surface area contributed by atoms with E-state index in [1.165, 1.54) is 0 Å². The van der Waals surface area contributed by atoms with Crippen LogP contribution in [0.1, 0.15) is 68.3 Å². The van der Waals surface area contributed by atoms with E-state index in [0.717, 1.165) is 56.0 Å². The molecule has 0 spiro atoms. The van der Waals surface area contributed by atoms with Crippen LogP contribution in [0.25, 0.3) is 11.1 Å². The highest BCUT2D eigenvalue weighted by Crippen LogP contribution is 2.30. The van der Waals surface area contributed by atoms with Gasteiger partial charge >= 0.3 is 5.97 Å². The van der Waals surface area contributed by atoms with Crippen LogP contribution in [0, 0.1) is 29.2 Å². The summed E-state index contributed by atoms with van der Waals surface area (Å²) in [6.07, 6.45) is 4.83. The topological polar surface area (TPSA) is 124 Å². The predicted octanol–water partition coefficient (Wildman–Crippen LogP) is 5.67. The quantitative estimate of drug-likeness (QED) is 0.0978. The molecule has 0 bridgehead atoms. The summed E-state index contributed by atoms with van der Waals surface area (Å²) in [6, 6.07) is 4.43. The Bertz CT molecular complexity index is 1550. The van der Waals surface area contributed by atoms with Crippen molar-refractivity contribution in [1.29, 1.82) is 0 Å². The lowest BCUT2D eigenvalue weighted by atomic mass is 9.98. The molecule has 1 fully saturated rings. The summed E-state index contributed by atoms with van der Waals surface area (Å²) in [7, 11) is 0. The molecule has 8 nitrogen and oxygen atoms in total. The van der Waals surface area contributed by atoms with Crippen LogP contribution in [0.5, 0.6) is 5.75 Å². The molecule has 1 aliphatic rings. The molecule has 1 aliphatic carbocycles. The van der Waals surface area contributed by atoms with Gasteiger partial charge in [-0.1, -0.05) is 13.8 Å². The number of ether oxygens (including phenoxy) is 2. The van der Waals surface area contributed by atoms with Crippen LogP contribution < -0.4 is 21.3 Å². The molecule has 4 rings (SSSR count). The minimum Gasteiger partial charge on any atom is -0.493 e. The van der Waals surface area contributed by atoms with Gasteiger partial charge in [0.1, 0.15) is 47.0 Å². The van der Waals surface area contributed by atoms with Gasteiger partial charge in [0, 0.05) is 18.2 Å². The minimum absolute atomic E-state index is 0.0382. The van der Waals surface area contributed by atoms with E-state index in [0.29, 0.717) is 25.5 Å². The number of nitrogens with one attached hydrogen (secondary N) is 2. The SMILES string of the molecule is CC(C)C[C@@H](NCCCOc1cc(F)c(-c2cc(C(=O)c3ccc(F)cc3F)c(N)[nH]c2=O)c(F)c1)C(=O)OC1CCCC1. The van der Waals surface area contributed by atoms with E-state index >= 15 is 8.78 Å². The van der Waals surface area contributed by atoms with Crippen molar-refractivity contribution in [2.24, 2.45) is 5.92 Å². The number of halogens is 4. The Morgan fingerprint density at radius 1 is 1.00 bits per heavy atom. The standard InChI is InChI=1S/C32H35F4N3O5/c1-17(2)12-27(32(42)44-19-6-3-4-7-19)38-10-5-11-43-20-14-25(35)28(26(36)15-20)22-16-23(30(37)39-31(22)41)29(40)21-9-8-18(33)13-24(21)34/h8-9,13-17,19,27,38H,3-7,10-12H2,1-2H3,(H3,37,39,41)/t27-/m1/s1. The number of carbonyl (C=O) groups excluding carboxylic acids is 2. The molecule has 12 heteroatoms. The maximum absolute atomic E-state index is 15.1. The van der Waals surface area contributed by atoms with Crippen molar-refractivity contribution in [3.8, 4) is 16.9 Å². The summed E-state index contributed by atoms with van der Waals surface area (Å²) in [5.74, 6) is -6.01. The summed E-state index contributed by atoms with van der Waals surface area (Å²) in [5.41, 5.74) is 2.48. The fraction of sp³-hybridized carbons (Fsp3) is 0.406. The number of nitrogen functional groups attached to an aromatic ring is 1. The second-order valence-electron chi connectivity index (χ2n) is 11.2. The summed E-state index contributed by atoms with van der Waals surface area (Å²) < 4.78 is 69.0. The molecule has 1 heterocycles. The average molecular weight is 618 g/mol. The van der Waals surface area contributed by atoms with Gasteiger partial charge in [-0.25, -0.2) is 17.6 Å². The van der Waals surface area contributed by atoms with E-state index in [4.69, 9.17) is 15.2 Å². The number of anilines is 1. The fourth-order valence-electron chi connectivity index (χ4n) is 5.15. The van der Waals surface area contributed by atoms with E-state index in [1.807, 2.05) is 13.8 Å². The molecule has 4 N–H and O–H groups in total. The number of rotatable bonds is 13. The Morgan fingerprint density at radius 2 is 1.68 bits per heavy atom. The first-order valence-electron chi connectivity index (χ1n) is 14.5. The molecule has 0 unspecified atom stereocenters. The highest BCUT2D eigenvalue weighted by atomic mass is 19.1. The molecule has 236 valence electrons. The molecular weight excluding hydrogens is 582 g/mol. The number of benzene rings is 2. The maximum Gasteiger partial charge on any atom is 0.323 e. The highest BCUT2D eigenvalue weighted by Gasteiger charge is 2.26. The fourth-order valence-corrected chi connectivity index (χ4v) is 5.15. The monoisotopic (exact) mass is 617 g/mol. The van der Waals surface area contributed by atoms with Crippen molar-refractivity contribution in [3.63, 3.8) is 0 Å². The first kappa shape index (κ1) is 32.7. The van der Waals surface area contributed by atoms with Crippen molar-refractivity contribution in [2.45, 2.75) is 64.5 Å². The minimum atomic E-state index is -1.17. The molecule has 0 saturated heterocycles. The zero-order valence-corrected chi connectivity index (χ0v) is 24.5. The molecule has 1 saturated carbocycles. The highest BCUT2D eigenvalue weighted by molar-refractivity contribution is 6.12. The zero-order chi connectivity index (χ0) is 32.0. The Labute approximate surface area is 251 Å². The molecule has 1 aromatic heterocycles. The van der Waals surface area contributed by atoms with Gasteiger partial charge in [-0.05, 0) is 69.2 Å². The molecule has 0 aliphatic heterocycles. The third-order valence-electron chi connectivity index (χ3n) is 7.33. The van der Waals surface area contributed by atoms with Gasteiger partial charge in [0.15, 0.2) is 5.78 Å². The van der Waals surface area contributed by atoms with Gasteiger partial charge in [-0.15, -0.1) is 0 Å². The summed E-state index contributed by atoms with van der Waals surface area (Å²) in [6.45, 7) is 4.49. The normalized spacial score (nSPS) is 14.2. The number of hydrogen-bond acceptors (Lipinski definition) is 7. The van der Waals surface area contributed by atoms with E-state index < -0.39 is 68.7 Å². The second-order valence-corrected chi connectivity index (χ2v) is 11.2. The molecule has 0 radical (unpaired) electrons. The third kappa shape index (κ3) is 8.04. The van der Waals surface area contributed by atoms with E-state index in [1.54, 1.807) is 0 Å². The average Bonchev–Trinajstić information content (AvgIpc) is 3.45. The van der Waals surface area contributed by atoms with E-state index in [9.17, 15) is 23.2 Å². The second kappa shape index (κ2) is 14.5. The first-order valence-corrected chi connectivity index (χ1v) is 14.5. The largest absolute Gasteiger partial charge is 0.493 e. The molecule has 3 aromatic rings. The number of pyridine rings is 1. The lowest BCUT2D eigenvalue weighted by Gasteiger charge is -2.21. The predicted molar refractivity (Wildman–Crippen MR) is 156 cm³/mol. The van der Waals surface area contributed by atoms with E-state index in [-0.39, 0.29) is 30.3 Å². The van der Waals surface area contributed by atoms with Crippen molar-refractivity contribution < 1.29 is 36.6 Å². The van der Waals surface area contributed by atoms with Crippen LogP contribution in [0.4, 0.5) is 23.4 Å². The number of ketones is 1. The maximum atomic E-state index is 15.1. The Hall–Kier alpha value is -4.19. The summed E-state index contributed by atoms with van der Waals surface area (Å²) in [5, 5.41) is 3.19. The number of H-pyrrole nitrogens is 1. The van der Waals surface area contributed by atoms with Crippen molar-refractivity contribution in [1.82, 2.24) is 10.3 Å². The number of aromatic nitrogens is 1. The van der Waals surface area contributed by atoms with Crippen LogP contribution >= 0.6 is 0 Å². The van der Waals surface area contributed by atoms with Gasteiger partial charge in [0.05, 0.1) is 28.9 Å². The van der Waals surface area contributed by atoms with Gasteiger partial charge in [0.25, 0.3) is 5.56 Å². The van der Waals surface area contributed by atoms with Crippen molar-refractivity contribution in [3.05, 3.63) is 81.1 Å². The van der Waals surface area contributed by atoms with Crippen LogP contribution in [0.2, 0.25) is 0 Å². The lowest BCUT2D eigenvalue weighted by Crippen LogP contribution is -2.41. The Morgan fingerprint density at radius 3 is 2.32 bits per heavy atom.